The molecule has 24 heavy (non-hydrogen) atoms. The van der Waals surface area contributed by atoms with Crippen LogP contribution < -0.4 is 0 Å². The molecule has 1 amide bonds. The third kappa shape index (κ3) is 2.81. The lowest BCUT2D eigenvalue weighted by atomic mass is 10.1. The molecule has 0 N–H and O–H groups in total. The van der Waals surface area contributed by atoms with Crippen LogP contribution in [0.4, 0.5) is 5.69 Å². The zero-order valence-electron chi connectivity index (χ0n) is 12.5. The summed E-state index contributed by atoms with van der Waals surface area (Å²) < 4.78 is 5.75. The Bertz CT molecular complexity index is 853. The van der Waals surface area contributed by atoms with Gasteiger partial charge in [0.25, 0.3) is 5.69 Å². The molecule has 0 radical (unpaired) electrons. The van der Waals surface area contributed by atoms with Gasteiger partial charge in [0, 0.05) is 13.0 Å². The SMILES string of the molecule is CC(=O)N1N=C(c2ccccc2Cl)O[C@H]1c1ccccc1[N+](=O)[O-]. The maximum absolute atomic E-state index is 11.9. The van der Waals surface area contributed by atoms with Crippen LogP contribution in [0.3, 0.4) is 0 Å². The predicted molar refractivity (Wildman–Crippen MR) is 87.4 cm³/mol. The lowest BCUT2D eigenvalue weighted by Gasteiger charge is -2.19. The number of rotatable bonds is 3. The number of hydrogen-bond acceptors (Lipinski definition) is 5. The van der Waals surface area contributed by atoms with E-state index in [2.05, 4.69) is 5.10 Å². The van der Waals surface area contributed by atoms with E-state index in [0.717, 1.165) is 5.01 Å². The minimum absolute atomic E-state index is 0.138. The number of halogens is 1. The van der Waals surface area contributed by atoms with Crippen molar-refractivity contribution in [2.24, 2.45) is 5.10 Å². The summed E-state index contributed by atoms with van der Waals surface area (Å²) in [6.07, 6.45) is -1.02. The number of carbonyl (C=O) groups is 1. The van der Waals surface area contributed by atoms with Gasteiger partial charge in [-0.05, 0) is 18.2 Å². The van der Waals surface area contributed by atoms with Gasteiger partial charge in [0.05, 0.1) is 21.1 Å². The maximum Gasteiger partial charge on any atom is 0.278 e. The summed E-state index contributed by atoms with van der Waals surface area (Å²) in [5, 5.41) is 16.9. The second kappa shape index (κ2) is 6.29. The van der Waals surface area contributed by atoms with Crippen molar-refractivity contribution < 1.29 is 14.5 Å². The van der Waals surface area contributed by atoms with Crippen molar-refractivity contribution in [3.63, 3.8) is 0 Å². The van der Waals surface area contributed by atoms with Crippen molar-refractivity contribution in [2.75, 3.05) is 0 Å². The maximum atomic E-state index is 11.9. The fourth-order valence-corrected chi connectivity index (χ4v) is 2.59. The van der Waals surface area contributed by atoms with Crippen molar-refractivity contribution in [1.29, 1.82) is 0 Å². The molecule has 1 atom stereocenters. The van der Waals surface area contributed by atoms with E-state index in [1.807, 2.05) is 0 Å². The molecule has 8 heteroatoms. The van der Waals surface area contributed by atoms with Crippen molar-refractivity contribution >= 4 is 29.1 Å². The molecule has 0 saturated heterocycles. The molecule has 2 aromatic rings. The lowest BCUT2D eigenvalue weighted by molar-refractivity contribution is -0.386. The Labute approximate surface area is 142 Å². The Hall–Kier alpha value is -2.93. The van der Waals surface area contributed by atoms with E-state index in [1.54, 1.807) is 36.4 Å². The topological polar surface area (TPSA) is 85.0 Å². The molecule has 0 bridgehead atoms. The van der Waals surface area contributed by atoms with Gasteiger partial charge in [0.15, 0.2) is 0 Å². The number of ether oxygens (including phenoxy) is 1. The molecule has 122 valence electrons. The van der Waals surface area contributed by atoms with Gasteiger partial charge in [-0.2, -0.15) is 5.01 Å². The molecule has 1 aliphatic rings. The van der Waals surface area contributed by atoms with Crippen LogP contribution in [0.1, 0.15) is 24.3 Å². The predicted octanol–water partition coefficient (Wildman–Crippen LogP) is 3.49. The van der Waals surface area contributed by atoms with Crippen molar-refractivity contribution in [1.82, 2.24) is 5.01 Å². The average molecular weight is 346 g/mol. The highest BCUT2D eigenvalue weighted by Gasteiger charge is 2.37. The molecule has 0 aliphatic carbocycles. The van der Waals surface area contributed by atoms with Gasteiger partial charge >= 0.3 is 0 Å². The average Bonchev–Trinajstić information content (AvgIpc) is 3.00. The van der Waals surface area contributed by atoms with E-state index in [4.69, 9.17) is 16.3 Å². The normalized spacial score (nSPS) is 16.5. The number of hydrazone groups is 1. The highest BCUT2D eigenvalue weighted by molar-refractivity contribution is 6.33. The third-order valence-corrected chi connectivity index (χ3v) is 3.80. The summed E-state index contributed by atoms with van der Waals surface area (Å²) in [4.78, 5) is 22.6. The number of hydrogen-bond donors (Lipinski definition) is 0. The molecular formula is C16H12ClN3O4. The van der Waals surface area contributed by atoms with Crippen LogP contribution in [-0.4, -0.2) is 21.7 Å². The molecule has 3 rings (SSSR count). The second-order valence-corrected chi connectivity index (χ2v) is 5.44. The lowest BCUT2D eigenvalue weighted by Crippen LogP contribution is -2.25. The van der Waals surface area contributed by atoms with Crippen LogP contribution in [0.25, 0.3) is 0 Å². The van der Waals surface area contributed by atoms with E-state index in [-0.39, 0.29) is 17.1 Å². The monoisotopic (exact) mass is 345 g/mol. The van der Waals surface area contributed by atoms with Crippen LogP contribution in [0.5, 0.6) is 0 Å². The fourth-order valence-electron chi connectivity index (χ4n) is 2.37. The summed E-state index contributed by atoms with van der Waals surface area (Å²) >= 11 is 6.13. The van der Waals surface area contributed by atoms with Gasteiger partial charge in [-0.3, -0.25) is 14.9 Å². The largest absolute Gasteiger partial charge is 0.445 e. The first-order valence-corrected chi connectivity index (χ1v) is 7.40. The number of amides is 1. The minimum atomic E-state index is -1.02. The third-order valence-electron chi connectivity index (χ3n) is 3.47. The number of benzene rings is 2. The number of carbonyl (C=O) groups excluding carboxylic acids is 1. The van der Waals surface area contributed by atoms with Crippen LogP contribution in [-0.2, 0) is 9.53 Å². The highest BCUT2D eigenvalue weighted by atomic mass is 35.5. The van der Waals surface area contributed by atoms with E-state index in [0.29, 0.717) is 10.6 Å². The Kier molecular flexibility index (Phi) is 4.18. The number of nitrogens with zero attached hydrogens (tertiary/aromatic N) is 3. The Balaban J connectivity index is 2.04. The summed E-state index contributed by atoms with van der Waals surface area (Å²) in [7, 11) is 0. The van der Waals surface area contributed by atoms with Crippen LogP contribution in [0.2, 0.25) is 5.02 Å². The van der Waals surface area contributed by atoms with Crippen LogP contribution in [0, 0.1) is 10.1 Å². The van der Waals surface area contributed by atoms with Crippen LogP contribution in [0.15, 0.2) is 53.6 Å². The Morgan fingerprint density at radius 2 is 1.92 bits per heavy atom. The molecule has 1 aliphatic heterocycles. The van der Waals surface area contributed by atoms with Gasteiger partial charge in [0.1, 0.15) is 0 Å². The quantitative estimate of drug-likeness (QED) is 0.629. The van der Waals surface area contributed by atoms with Gasteiger partial charge in [-0.15, -0.1) is 5.10 Å². The van der Waals surface area contributed by atoms with Crippen molar-refractivity contribution in [3.8, 4) is 0 Å². The number of nitro benzene ring substituents is 1. The molecule has 7 nitrogen and oxygen atoms in total. The van der Waals surface area contributed by atoms with E-state index < -0.39 is 17.1 Å². The molecule has 0 aromatic heterocycles. The van der Waals surface area contributed by atoms with Gasteiger partial charge in [-0.25, -0.2) is 0 Å². The summed E-state index contributed by atoms with van der Waals surface area (Å²) in [6.45, 7) is 1.31. The van der Waals surface area contributed by atoms with Gasteiger partial charge < -0.3 is 4.74 Å². The van der Waals surface area contributed by atoms with Crippen LogP contribution >= 0.6 is 11.6 Å². The first-order valence-electron chi connectivity index (χ1n) is 7.02. The van der Waals surface area contributed by atoms with E-state index in [1.165, 1.54) is 19.1 Å². The van der Waals surface area contributed by atoms with E-state index in [9.17, 15) is 14.9 Å². The molecule has 0 saturated carbocycles. The highest BCUT2D eigenvalue weighted by Crippen LogP contribution is 2.36. The summed E-state index contributed by atoms with van der Waals surface area (Å²) in [6, 6.07) is 12.9. The fraction of sp³-hybridized carbons (Fsp3) is 0.125. The van der Waals surface area contributed by atoms with Crippen molar-refractivity contribution in [2.45, 2.75) is 13.2 Å². The Morgan fingerprint density at radius 1 is 1.25 bits per heavy atom. The molecule has 0 spiro atoms. The van der Waals surface area contributed by atoms with Crippen molar-refractivity contribution in [3.05, 3.63) is 74.8 Å². The summed E-state index contributed by atoms with van der Waals surface area (Å²) in [5.74, 6) is -0.265. The zero-order valence-corrected chi connectivity index (χ0v) is 13.3. The van der Waals surface area contributed by atoms with Gasteiger partial charge in [-0.1, -0.05) is 35.9 Å². The zero-order chi connectivity index (χ0) is 17.3. The molecular weight excluding hydrogens is 334 g/mol. The number of nitro groups is 1. The molecule has 1 heterocycles. The first kappa shape index (κ1) is 15.9. The molecule has 2 aromatic carbocycles. The Morgan fingerprint density at radius 3 is 2.58 bits per heavy atom. The second-order valence-electron chi connectivity index (χ2n) is 5.03. The van der Waals surface area contributed by atoms with E-state index >= 15 is 0 Å². The van der Waals surface area contributed by atoms with Gasteiger partial charge in [0.2, 0.25) is 18.0 Å². The standard InChI is InChI=1S/C16H12ClN3O4/c1-10(21)19-16(12-7-3-5-9-14(12)20(22)23)24-15(18-19)11-6-2-4-8-13(11)17/h2-9,16H,1H3/t16-/m0/s1. The first-order chi connectivity index (χ1) is 11.5. The minimum Gasteiger partial charge on any atom is -0.445 e. The number of para-hydroxylation sites is 1. The summed E-state index contributed by atoms with van der Waals surface area (Å²) in [5.41, 5.74) is 0.597. The molecule has 0 unspecified atom stereocenters. The molecule has 0 fully saturated rings. The smallest absolute Gasteiger partial charge is 0.278 e.